The van der Waals surface area contributed by atoms with Crippen molar-refractivity contribution in [2.75, 3.05) is 0 Å². The number of rotatable bonds is 5. The molecule has 0 aliphatic carbocycles. The summed E-state index contributed by atoms with van der Waals surface area (Å²) in [5, 5.41) is 1.32. The second-order valence-electron chi connectivity index (χ2n) is 6.97. The first kappa shape index (κ1) is 19.9. The van der Waals surface area contributed by atoms with Crippen molar-refractivity contribution in [3.05, 3.63) is 86.3 Å². The molecule has 0 saturated heterocycles. The van der Waals surface area contributed by atoms with E-state index < -0.39 is 0 Å². The van der Waals surface area contributed by atoms with Crippen LogP contribution < -0.4 is 5.56 Å². The van der Waals surface area contributed by atoms with Gasteiger partial charge in [0.2, 0.25) is 0 Å². The van der Waals surface area contributed by atoms with Gasteiger partial charge in [0.25, 0.3) is 5.56 Å². The molecule has 6 heteroatoms. The lowest BCUT2D eigenvalue weighted by atomic mass is 10.2. The summed E-state index contributed by atoms with van der Waals surface area (Å²) in [6.07, 6.45) is 0.878. The highest BCUT2D eigenvalue weighted by molar-refractivity contribution is 7.98. The number of nitrogens with zero attached hydrogens (tertiary/aromatic N) is 2. The van der Waals surface area contributed by atoms with Crippen molar-refractivity contribution >= 4 is 33.3 Å². The van der Waals surface area contributed by atoms with Gasteiger partial charge in [-0.15, -0.1) is 11.3 Å². The first-order valence-electron chi connectivity index (χ1n) is 9.47. The SMILES string of the molecule is CCc1sc2nc(SCc3cccc(F)c3)n(-c3ccc(C)cc3)c(=O)c2c1C. The van der Waals surface area contributed by atoms with Crippen molar-refractivity contribution in [3.63, 3.8) is 0 Å². The number of fused-ring (bicyclic) bond motifs is 1. The molecule has 0 fully saturated rings. The second kappa shape index (κ2) is 8.13. The third-order valence-corrected chi connectivity index (χ3v) is 7.24. The molecular formula is C23H21FN2OS2. The maximum Gasteiger partial charge on any atom is 0.267 e. The molecule has 2 aromatic heterocycles. The monoisotopic (exact) mass is 424 g/mol. The lowest BCUT2D eigenvalue weighted by Gasteiger charge is -2.13. The number of halogens is 1. The van der Waals surface area contributed by atoms with Gasteiger partial charge in [0.05, 0.1) is 11.1 Å². The van der Waals surface area contributed by atoms with Crippen LogP contribution in [0.4, 0.5) is 4.39 Å². The van der Waals surface area contributed by atoms with Gasteiger partial charge in [0.1, 0.15) is 10.6 Å². The Morgan fingerprint density at radius 2 is 1.90 bits per heavy atom. The van der Waals surface area contributed by atoms with Gasteiger partial charge in [-0.2, -0.15) is 0 Å². The largest absolute Gasteiger partial charge is 0.268 e. The fourth-order valence-electron chi connectivity index (χ4n) is 3.34. The molecule has 0 aliphatic rings. The van der Waals surface area contributed by atoms with E-state index in [2.05, 4.69) is 6.92 Å². The maximum atomic E-state index is 13.6. The van der Waals surface area contributed by atoms with Crippen molar-refractivity contribution in [3.8, 4) is 5.69 Å². The topological polar surface area (TPSA) is 34.9 Å². The molecule has 0 radical (unpaired) electrons. The van der Waals surface area contributed by atoms with E-state index in [1.54, 1.807) is 22.0 Å². The number of hydrogen-bond donors (Lipinski definition) is 0. The average molecular weight is 425 g/mol. The summed E-state index contributed by atoms with van der Waals surface area (Å²) in [6.45, 7) is 6.11. The van der Waals surface area contributed by atoms with E-state index in [1.165, 1.54) is 28.8 Å². The minimum Gasteiger partial charge on any atom is -0.268 e. The minimum atomic E-state index is -0.260. The van der Waals surface area contributed by atoms with E-state index in [1.807, 2.05) is 44.2 Å². The lowest BCUT2D eigenvalue weighted by Crippen LogP contribution is -2.21. The Kier molecular flexibility index (Phi) is 5.56. The molecule has 4 rings (SSSR count). The molecule has 0 aliphatic heterocycles. The van der Waals surface area contributed by atoms with Crippen LogP contribution in [0.2, 0.25) is 0 Å². The highest BCUT2D eigenvalue weighted by atomic mass is 32.2. The third-order valence-electron chi connectivity index (χ3n) is 4.90. The lowest BCUT2D eigenvalue weighted by molar-refractivity contribution is 0.626. The summed E-state index contributed by atoms with van der Waals surface area (Å²) < 4.78 is 15.2. The minimum absolute atomic E-state index is 0.0472. The molecule has 3 nitrogen and oxygen atoms in total. The van der Waals surface area contributed by atoms with Crippen LogP contribution in [-0.2, 0) is 12.2 Å². The average Bonchev–Trinajstić information content (AvgIpc) is 3.03. The van der Waals surface area contributed by atoms with Crippen LogP contribution in [0.25, 0.3) is 15.9 Å². The molecule has 0 N–H and O–H groups in total. The molecule has 29 heavy (non-hydrogen) atoms. The van der Waals surface area contributed by atoms with Crippen molar-refractivity contribution in [1.29, 1.82) is 0 Å². The molecular weight excluding hydrogens is 403 g/mol. The number of hydrogen-bond acceptors (Lipinski definition) is 4. The third kappa shape index (κ3) is 3.87. The number of aryl methyl sites for hydroxylation is 3. The summed E-state index contributed by atoms with van der Waals surface area (Å²) in [7, 11) is 0. The quantitative estimate of drug-likeness (QED) is 0.289. The van der Waals surface area contributed by atoms with Crippen LogP contribution in [0.5, 0.6) is 0 Å². The molecule has 4 aromatic rings. The molecule has 0 atom stereocenters. The van der Waals surface area contributed by atoms with Gasteiger partial charge < -0.3 is 0 Å². The van der Waals surface area contributed by atoms with E-state index in [-0.39, 0.29) is 11.4 Å². The normalized spacial score (nSPS) is 11.3. The number of aromatic nitrogens is 2. The zero-order valence-electron chi connectivity index (χ0n) is 16.5. The number of thiophene rings is 1. The predicted octanol–water partition coefficient (Wildman–Crippen LogP) is 6.06. The van der Waals surface area contributed by atoms with Crippen molar-refractivity contribution in [2.45, 2.75) is 38.1 Å². The molecule has 0 saturated carbocycles. The molecule has 2 aromatic carbocycles. The van der Waals surface area contributed by atoms with E-state index >= 15 is 0 Å². The Balaban J connectivity index is 1.87. The summed E-state index contributed by atoms with van der Waals surface area (Å²) in [6, 6.07) is 14.4. The van der Waals surface area contributed by atoms with E-state index in [0.29, 0.717) is 16.3 Å². The van der Waals surface area contributed by atoms with Gasteiger partial charge in [-0.25, -0.2) is 9.37 Å². The zero-order valence-corrected chi connectivity index (χ0v) is 18.2. The van der Waals surface area contributed by atoms with Crippen molar-refractivity contribution in [2.24, 2.45) is 0 Å². The van der Waals surface area contributed by atoms with Gasteiger partial charge in [0.15, 0.2) is 5.16 Å². The Morgan fingerprint density at radius 1 is 1.14 bits per heavy atom. The van der Waals surface area contributed by atoms with E-state index in [9.17, 15) is 9.18 Å². The van der Waals surface area contributed by atoms with Crippen molar-refractivity contribution in [1.82, 2.24) is 9.55 Å². The van der Waals surface area contributed by atoms with E-state index in [0.717, 1.165) is 33.6 Å². The Labute approximate surface area is 177 Å². The van der Waals surface area contributed by atoms with Crippen LogP contribution in [0, 0.1) is 19.7 Å². The predicted molar refractivity (Wildman–Crippen MR) is 120 cm³/mol. The van der Waals surface area contributed by atoms with E-state index in [4.69, 9.17) is 4.98 Å². The van der Waals surface area contributed by atoms with Crippen LogP contribution in [0.15, 0.2) is 58.5 Å². The Morgan fingerprint density at radius 3 is 2.59 bits per heavy atom. The van der Waals surface area contributed by atoms with Gasteiger partial charge in [-0.1, -0.05) is 48.5 Å². The maximum absolute atomic E-state index is 13.6. The van der Waals surface area contributed by atoms with Crippen LogP contribution in [0.3, 0.4) is 0 Å². The van der Waals surface area contributed by atoms with Gasteiger partial charge in [-0.3, -0.25) is 9.36 Å². The summed E-state index contributed by atoms with van der Waals surface area (Å²) in [5.74, 6) is 0.274. The fourth-order valence-corrected chi connectivity index (χ4v) is 5.45. The molecule has 2 heterocycles. The van der Waals surface area contributed by atoms with Gasteiger partial charge >= 0.3 is 0 Å². The summed E-state index contributed by atoms with van der Waals surface area (Å²) >= 11 is 3.04. The summed E-state index contributed by atoms with van der Waals surface area (Å²) in [5.41, 5.74) is 3.75. The molecule has 0 spiro atoms. The highest BCUT2D eigenvalue weighted by Gasteiger charge is 2.18. The number of thioether (sulfide) groups is 1. The Hall–Kier alpha value is -2.44. The molecule has 0 bridgehead atoms. The molecule has 0 unspecified atom stereocenters. The summed E-state index contributed by atoms with van der Waals surface area (Å²) in [4.78, 5) is 20.3. The van der Waals surface area contributed by atoms with Gasteiger partial charge in [-0.05, 0) is 55.7 Å². The Bertz CT molecular complexity index is 1240. The fraction of sp³-hybridized carbons (Fsp3) is 0.217. The highest BCUT2D eigenvalue weighted by Crippen LogP contribution is 2.31. The second-order valence-corrected chi connectivity index (χ2v) is 9.00. The number of benzene rings is 2. The molecule has 0 amide bonds. The van der Waals surface area contributed by atoms with Gasteiger partial charge in [0, 0.05) is 10.6 Å². The van der Waals surface area contributed by atoms with Crippen LogP contribution in [-0.4, -0.2) is 9.55 Å². The first-order chi connectivity index (χ1) is 14.0. The van der Waals surface area contributed by atoms with Crippen molar-refractivity contribution < 1.29 is 4.39 Å². The zero-order chi connectivity index (χ0) is 20.5. The van der Waals surface area contributed by atoms with Crippen LogP contribution >= 0.6 is 23.1 Å². The smallest absolute Gasteiger partial charge is 0.267 e. The first-order valence-corrected chi connectivity index (χ1v) is 11.3. The standard InChI is InChI=1S/C23H21FN2OS2/c1-4-19-15(3)20-21(29-19)25-23(28-13-16-6-5-7-17(24)12-16)26(22(20)27)18-10-8-14(2)9-11-18/h5-12H,4,13H2,1-3H3. The van der Waals surface area contributed by atoms with Crippen LogP contribution in [0.1, 0.15) is 28.5 Å². The molecule has 148 valence electrons.